The number of fused-ring (bicyclic) bond motifs is 1. The zero-order valence-corrected chi connectivity index (χ0v) is 10.0. The summed E-state index contributed by atoms with van der Waals surface area (Å²) in [5, 5.41) is 10.4. The predicted octanol–water partition coefficient (Wildman–Crippen LogP) is 2.93. The molecule has 2 aromatic carbocycles. The van der Waals surface area contributed by atoms with E-state index in [1.54, 1.807) is 30.5 Å². The van der Waals surface area contributed by atoms with Crippen LogP contribution in [0.15, 0.2) is 48.7 Å². The van der Waals surface area contributed by atoms with Crippen LogP contribution < -0.4 is 0 Å². The molecule has 94 valence electrons. The first-order valence-corrected chi connectivity index (χ1v) is 5.90. The first-order chi connectivity index (χ1) is 9.29. The van der Waals surface area contributed by atoms with Crippen molar-refractivity contribution in [3.8, 4) is 11.4 Å². The number of hydrogen-bond acceptors (Lipinski definition) is 3. The molecule has 19 heavy (non-hydrogen) atoms. The van der Waals surface area contributed by atoms with Crippen molar-refractivity contribution < 1.29 is 9.50 Å². The lowest BCUT2D eigenvalue weighted by molar-refractivity contribution is 0.277. The average Bonchev–Trinajstić information content (AvgIpc) is 2.48. The standard InChI is InChI=1S/C15H11FN2O/c16-14-6-5-13(11-3-1-2-4-12(11)14)15-17-8-7-10(9-19)18-15/h1-8,19H,9H2. The van der Waals surface area contributed by atoms with Gasteiger partial charge in [-0.05, 0) is 23.6 Å². The van der Waals surface area contributed by atoms with E-state index in [9.17, 15) is 4.39 Å². The van der Waals surface area contributed by atoms with Gasteiger partial charge in [0, 0.05) is 17.1 Å². The van der Waals surface area contributed by atoms with Gasteiger partial charge in [0.1, 0.15) is 5.82 Å². The molecule has 0 fully saturated rings. The highest BCUT2D eigenvalue weighted by Crippen LogP contribution is 2.28. The van der Waals surface area contributed by atoms with Gasteiger partial charge in [0.05, 0.1) is 12.3 Å². The zero-order valence-electron chi connectivity index (χ0n) is 10.0. The van der Waals surface area contributed by atoms with Gasteiger partial charge in [-0.15, -0.1) is 0 Å². The third kappa shape index (κ3) is 2.06. The second kappa shape index (κ2) is 4.74. The fourth-order valence-corrected chi connectivity index (χ4v) is 2.07. The van der Waals surface area contributed by atoms with Gasteiger partial charge in [-0.2, -0.15) is 0 Å². The molecule has 0 aliphatic rings. The molecule has 0 saturated heterocycles. The Bertz CT molecular complexity index is 743. The minimum atomic E-state index is -0.266. The summed E-state index contributed by atoms with van der Waals surface area (Å²) >= 11 is 0. The van der Waals surface area contributed by atoms with Gasteiger partial charge in [0.2, 0.25) is 0 Å². The molecule has 0 aliphatic carbocycles. The Balaban J connectivity index is 2.28. The Morgan fingerprint density at radius 1 is 1.00 bits per heavy atom. The van der Waals surface area contributed by atoms with Crippen LogP contribution in [0.25, 0.3) is 22.2 Å². The van der Waals surface area contributed by atoms with Crippen molar-refractivity contribution in [3.63, 3.8) is 0 Å². The normalized spacial score (nSPS) is 10.8. The molecule has 4 heteroatoms. The largest absolute Gasteiger partial charge is 0.390 e. The molecule has 3 aromatic rings. The number of benzene rings is 2. The first kappa shape index (κ1) is 11.7. The number of aliphatic hydroxyl groups is 1. The summed E-state index contributed by atoms with van der Waals surface area (Å²) in [5.41, 5.74) is 1.30. The lowest BCUT2D eigenvalue weighted by Gasteiger charge is -2.07. The topological polar surface area (TPSA) is 46.0 Å². The smallest absolute Gasteiger partial charge is 0.160 e. The molecule has 3 nitrogen and oxygen atoms in total. The van der Waals surface area contributed by atoms with E-state index in [0.29, 0.717) is 16.9 Å². The Morgan fingerprint density at radius 3 is 2.58 bits per heavy atom. The molecule has 1 N–H and O–H groups in total. The van der Waals surface area contributed by atoms with Crippen molar-refractivity contribution in [1.29, 1.82) is 0 Å². The predicted molar refractivity (Wildman–Crippen MR) is 70.9 cm³/mol. The monoisotopic (exact) mass is 254 g/mol. The maximum absolute atomic E-state index is 13.7. The van der Waals surface area contributed by atoms with Crippen LogP contribution in [-0.2, 0) is 6.61 Å². The minimum Gasteiger partial charge on any atom is -0.390 e. The maximum atomic E-state index is 13.7. The van der Waals surface area contributed by atoms with Crippen LogP contribution in [0, 0.1) is 5.82 Å². The molecule has 0 aliphatic heterocycles. The maximum Gasteiger partial charge on any atom is 0.160 e. The van der Waals surface area contributed by atoms with Gasteiger partial charge in [-0.25, -0.2) is 14.4 Å². The van der Waals surface area contributed by atoms with Crippen LogP contribution >= 0.6 is 0 Å². The van der Waals surface area contributed by atoms with Gasteiger partial charge in [-0.3, -0.25) is 0 Å². The van der Waals surface area contributed by atoms with Gasteiger partial charge in [0.25, 0.3) is 0 Å². The third-order valence-corrected chi connectivity index (χ3v) is 2.99. The van der Waals surface area contributed by atoms with Crippen molar-refractivity contribution in [3.05, 3.63) is 60.2 Å². The van der Waals surface area contributed by atoms with Crippen molar-refractivity contribution in [1.82, 2.24) is 9.97 Å². The Labute approximate surface area is 109 Å². The quantitative estimate of drug-likeness (QED) is 0.764. The fraction of sp³-hybridized carbons (Fsp3) is 0.0667. The van der Waals surface area contributed by atoms with E-state index in [4.69, 9.17) is 5.11 Å². The van der Waals surface area contributed by atoms with Crippen LogP contribution in [0.4, 0.5) is 4.39 Å². The highest BCUT2D eigenvalue weighted by molar-refractivity contribution is 5.95. The van der Waals surface area contributed by atoms with Crippen molar-refractivity contribution in [2.75, 3.05) is 0 Å². The Morgan fingerprint density at radius 2 is 1.79 bits per heavy atom. The fourth-order valence-electron chi connectivity index (χ4n) is 2.07. The van der Waals surface area contributed by atoms with E-state index in [1.807, 2.05) is 12.1 Å². The summed E-state index contributed by atoms with van der Waals surface area (Å²) in [6, 6.07) is 11.9. The molecule has 1 heterocycles. The Kier molecular flexibility index (Phi) is 2.93. The summed E-state index contributed by atoms with van der Waals surface area (Å²) in [4.78, 5) is 8.45. The average molecular weight is 254 g/mol. The lowest BCUT2D eigenvalue weighted by atomic mass is 10.0. The minimum absolute atomic E-state index is 0.144. The number of rotatable bonds is 2. The van der Waals surface area contributed by atoms with E-state index in [-0.39, 0.29) is 12.4 Å². The number of halogens is 1. The Hall–Kier alpha value is -2.33. The second-order valence-corrected chi connectivity index (χ2v) is 4.17. The van der Waals surface area contributed by atoms with Crippen LogP contribution in [0.2, 0.25) is 0 Å². The molecule has 0 spiro atoms. The van der Waals surface area contributed by atoms with Gasteiger partial charge < -0.3 is 5.11 Å². The molecule has 0 unspecified atom stereocenters. The van der Waals surface area contributed by atoms with Crippen molar-refractivity contribution in [2.24, 2.45) is 0 Å². The molecule has 0 saturated carbocycles. The highest BCUT2D eigenvalue weighted by Gasteiger charge is 2.09. The number of aromatic nitrogens is 2. The molecule has 1 aromatic heterocycles. The summed E-state index contributed by atoms with van der Waals surface area (Å²) in [6.45, 7) is -0.144. The summed E-state index contributed by atoms with van der Waals surface area (Å²) in [5.74, 6) is 0.223. The number of nitrogens with zero attached hydrogens (tertiary/aromatic N) is 2. The molecule has 0 radical (unpaired) electrons. The molecular formula is C15H11FN2O. The van der Waals surface area contributed by atoms with Crippen LogP contribution in [0.5, 0.6) is 0 Å². The highest BCUT2D eigenvalue weighted by atomic mass is 19.1. The van der Waals surface area contributed by atoms with Gasteiger partial charge in [-0.1, -0.05) is 24.3 Å². The first-order valence-electron chi connectivity index (χ1n) is 5.90. The van der Waals surface area contributed by atoms with Crippen LogP contribution in [0.3, 0.4) is 0 Å². The number of hydrogen-bond donors (Lipinski definition) is 1. The van der Waals surface area contributed by atoms with E-state index >= 15 is 0 Å². The van der Waals surface area contributed by atoms with Crippen LogP contribution in [0.1, 0.15) is 5.69 Å². The van der Waals surface area contributed by atoms with Crippen LogP contribution in [-0.4, -0.2) is 15.1 Å². The summed E-state index contributed by atoms with van der Waals surface area (Å²) in [7, 11) is 0. The van der Waals surface area contributed by atoms with E-state index in [1.165, 1.54) is 6.07 Å². The second-order valence-electron chi connectivity index (χ2n) is 4.17. The number of aliphatic hydroxyl groups excluding tert-OH is 1. The molecule has 0 bridgehead atoms. The van der Waals surface area contributed by atoms with E-state index < -0.39 is 0 Å². The van der Waals surface area contributed by atoms with Gasteiger partial charge in [0.15, 0.2) is 5.82 Å². The van der Waals surface area contributed by atoms with Crippen molar-refractivity contribution >= 4 is 10.8 Å². The van der Waals surface area contributed by atoms with E-state index in [0.717, 1.165) is 10.9 Å². The molecule has 3 rings (SSSR count). The summed E-state index contributed by atoms with van der Waals surface area (Å²) < 4.78 is 13.7. The molecule has 0 amide bonds. The lowest BCUT2D eigenvalue weighted by Crippen LogP contribution is -1.95. The zero-order chi connectivity index (χ0) is 13.2. The SMILES string of the molecule is OCc1ccnc(-c2ccc(F)c3ccccc23)n1. The van der Waals surface area contributed by atoms with Crippen molar-refractivity contribution in [2.45, 2.75) is 6.61 Å². The van der Waals surface area contributed by atoms with E-state index in [2.05, 4.69) is 9.97 Å². The van der Waals surface area contributed by atoms with Gasteiger partial charge >= 0.3 is 0 Å². The summed E-state index contributed by atoms with van der Waals surface area (Å²) in [6.07, 6.45) is 1.59. The molecular weight excluding hydrogens is 243 g/mol. The molecule has 0 atom stereocenters. The third-order valence-electron chi connectivity index (χ3n) is 2.99.